The van der Waals surface area contributed by atoms with E-state index in [1.165, 1.54) is 16.9 Å². The molecule has 0 unspecified atom stereocenters. The van der Waals surface area contributed by atoms with E-state index in [1.807, 2.05) is 24.3 Å². The van der Waals surface area contributed by atoms with Gasteiger partial charge in [0.25, 0.3) is 0 Å². The lowest BCUT2D eigenvalue weighted by atomic mass is 10.1. The molecule has 0 saturated heterocycles. The third kappa shape index (κ3) is 3.29. The Hall–Kier alpha value is -2.74. The van der Waals surface area contributed by atoms with Crippen LogP contribution < -0.4 is 9.64 Å². The zero-order valence-electron chi connectivity index (χ0n) is 12.6. The summed E-state index contributed by atoms with van der Waals surface area (Å²) in [4.78, 5) is 2.31. The van der Waals surface area contributed by atoms with Gasteiger partial charge < -0.3 is 9.64 Å². The van der Waals surface area contributed by atoms with E-state index in [9.17, 15) is 0 Å². The van der Waals surface area contributed by atoms with Gasteiger partial charge in [0.1, 0.15) is 5.75 Å². The molecule has 0 heterocycles. The van der Waals surface area contributed by atoms with Crippen molar-refractivity contribution in [3.8, 4) is 5.75 Å². The molecule has 0 N–H and O–H groups in total. The first-order valence-electron chi connectivity index (χ1n) is 7.37. The lowest BCUT2D eigenvalue weighted by Gasteiger charge is -2.25. The fraction of sp³-hybridized carbons (Fsp3) is 0.100. The van der Waals surface area contributed by atoms with Crippen LogP contribution in [0.4, 0.5) is 11.4 Å². The van der Waals surface area contributed by atoms with Gasteiger partial charge >= 0.3 is 0 Å². The highest BCUT2D eigenvalue weighted by Crippen LogP contribution is 2.27. The summed E-state index contributed by atoms with van der Waals surface area (Å²) in [7, 11) is 1.69. The molecule has 0 aliphatic carbocycles. The number of ether oxygens (including phenoxy) is 1. The Morgan fingerprint density at radius 1 is 0.682 bits per heavy atom. The van der Waals surface area contributed by atoms with Crippen molar-refractivity contribution in [3.63, 3.8) is 0 Å². The number of rotatable bonds is 5. The summed E-state index contributed by atoms with van der Waals surface area (Å²) in [6.07, 6.45) is 0. The molecule has 0 aliphatic heterocycles. The first-order chi connectivity index (χ1) is 10.9. The zero-order valence-corrected chi connectivity index (χ0v) is 12.6. The molecule has 0 atom stereocenters. The Bertz CT molecular complexity index is 653. The van der Waals surface area contributed by atoms with Crippen LogP contribution in [0.5, 0.6) is 5.75 Å². The number of methoxy groups -OCH3 is 1. The van der Waals surface area contributed by atoms with E-state index < -0.39 is 0 Å². The van der Waals surface area contributed by atoms with Gasteiger partial charge in [-0.05, 0) is 42.0 Å². The minimum atomic E-state index is 0.817. The van der Waals surface area contributed by atoms with Gasteiger partial charge in [-0.25, -0.2) is 0 Å². The molecule has 0 amide bonds. The molecule has 0 bridgehead atoms. The quantitative estimate of drug-likeness (QED) is 0.653. The first kappa shape index (κ1) is 14.2. The second-order valence-corrected chi connectivity index (χ2v) is 5.11. The molecule has 0 aromatic heterocycles. The highest BCUT2D eigenvalue weighted by molar-refractivity contribution is 5.63. The van der Waals surface area contributed by atoms with Crippen molar-refractivity contribution >= 4 is 11.4 Å². The van der Waals surface area contributed by atoms with Crippen LogP contribution in [-0.2, 0) is 6.54 Å². The second kappa shape index (κ2) is 6.81. The molecule has 0 spiro atoms. The number of para-hydroxylation sites is 2. The first-order valence-corrected chi connectivity index (χ1v) is 7.37. The Morgan fingerprint density at radius 2 is 1.18 bits per heavy atom. The summed E-state index contributed by atoms with van der Waals surface area (Å²) in [5.74, 6) is 0.884. The molecule has 3 aromatic rings. The number of hydrogen-bond donors (Lipinski definition) is 0. The summed E-state index contributed by atoms with van der Waals surface area (Å²) in [5.41, 5.74) is 3.61. The van der Waals surface area contributed by atoms with Gasteiger partial charge in [0.2, 0.25) is 0 Å². The maximum absolute atomic E-state index is 5.23. The van der Waals surface area contributed by atoms with Crippen LogP contribution in [0.15, 0.2) is 84.9 Å². The molecule has 3 aromatic carbocycles. The van der Waals surface area contributed by atoms with Crippen molar-refractivity contribution in [2.45, 2.75) is 6.54 Å². The zero-order chi connectivity index (χ0) is 15.2. The lowest BCUT2D eigenvalue weighted by molar-refractivity contribution is 0.414. The van der Waals surface area contributed by atoms with E-state index in [0.29, 0.717) is 0 Å². The molecule has 2 nitrogen and oxygen atoms in total. The minimum Gasteiger partial charge on any atom is -0.497 e. The van der Waals surface area contributed by atoms with Crippen LogP contribution in [-0.4, -0.2) is 7.11 Å². The molecule has 22 heavy (non-hydrogen) atoms. The van der Waals surface area contributed by atoms with Crippen LogP contribution in [0.3, 0.4) is 0 Å². The van der Waals surface area contributed by atoms with Crippen molar-refractivity contribution in [2.75, 3.05) is 12.0 Å². The van der Waals surface area contributed by atoms with Gasteiger partial charge in [0.05, 0.1) is 7.11 Å². The van der Waals surface area contributed by atoms with Gasteiger partial charge in [-0.15, -0.1) is 0 Å². The van der Waals surface area contributed by atoms with E-state index in [0.717, 1.165) is 12.3 Å². The van der Waals surface area contributed by atoms with Crippen molar-refractivity contribution in [2.24, 2.45) is 0 Å². The minimum absolute atomic E-state index is 0.817. The second-order valence-electron chi connectivity index (χ2n) is 5.11. The van der Waals surface area contributed by atoms with E-state index in [1.54, 1.807) is 7.11 Å². The van der Waals surface area contributed by atoms with Crippen molar-refractivity contribution in [3.05, 3.63) is 90.5 Å². The molecule has 0 fully saturated rings. The topological polar surface area (TPSA) is 12.5 Å². The van der Waals surface area contributed by atoms with Crippen LogP contribution in [0.1, 0.15) is 5.56 Å². The summed E-state index contributed by atoms with van der Waals surface area (Å²) < 4.78 is 5.23. The lowest BCUT2D eigenvalue weighted by Crippen LogP contribution is -2.16. The van der Waals surface area contributed by atoms with Gasteiger partial charge in [-0.1, -0.05) is 48.5 Å². The average Bonchev–Trinajstić information content (AvgIpc) is 2.62. The fourth-order valence-electron chi connectivity index (χ4n) is 2.46. The molecular weight excluding hydrogens is 270 g/mol. The molecule has 0 aliphatic rings. The summed E-state index contributed by atoms with van der Waals surface area (Å²) >= 11 is 0. The van der Waals surface area contributed by atoms with E-state index >= 15 is 0 Å². The SMILES string of the molecule is COc1ccc(CN(c2ccccc2)c2ccccc2)cc1. The number of anilines is 2. The maximum Gasteiger partial charge on any atom is 0.118 e. The Balaban J connectivity index is 1.91. The van der Waals surface area contributed by atoms with E-state index in [2.05, 4.69) is 65.6 Å². The van der Waals surface area contributed by atoms with Gasteiger partial charge in [-0.3, -0.25) is 0 Å². The Kier molecular flexibility index (Phi) is 4.40. The fourth-order valence-corrected chi connectivity index (χ4v) is 2.46. The monoisotopic (exact) mass is 289 g/mol. The molecule has 2 heteroatoms. The van der Waals surface area contributed by atoms with Crippen molar-refractivity contribution < 1.29 is 4.74 Å². The van der Waals surface area contributed by atoms with E-state index in [4.69, 9.17) is 4.74 Å². The summed E-state index contributed by atoms with van der Waals surface area (Å²) in [5, 5.41) is 0. The Morgan fingerprint density at radius 3 is 1.64 bits per heavy atom. The average molecular weight is 289 g/mol. The molecule has 3 rings (SSSR count). The van der Waals surface area contributed by atoms with Gasteiger partial charge in [0.15, 0.2) is 0 Å². The smallest absolute Gasteiger partial charge is 0.118 e. The Labute approximate surface area is 131 Å². The van der Waals surface area contributed by atoms with Crippen LogP contribution in [0.2, 0.25) is 0 Å². The largest absolute Gasteiger partial charge is 0.497 e. The highest BCUT2D eigenvalue weighted by atomic mass is 16.5. The van der Waals surface area contributed by atoms with Crippen molar-refractivity contribution in [1.29, 1.82) is 0 Å². The van der Waals surface area contributed by atoms with Crippen molar-refractivity contribution in [1.82, 2.24) is 0 Å². The summed E-state index contributed by atoms with van der Waals surface area (Å²) in [6, 6.07) is 29.1. The maximum atomic E-state index is 5.23. The molecule has 0 radical (unpaired) electrons. The molecular formula is C20H19NO. The van der Waals surface area contributed by atoms with Gasteiger partial charge in [0, 0.05) is 17.9 Å². The summed E-state index contributed by atoms with van der Waals surface area (Å²) in [6.45, 7) is 0.817. The standard InChI is InChI=1S/C20H19NO/c1-22-20-14-12-17(13-15-20)16-21(18-8-4-2-5-9-18)19-10-6-3-7-11-19/h2-15H,16H2,1H3. The highest BCUT2D eigenvalue weighted by Gasteiger charge is 2.09. The van der Waals surface area contributed by atoms with Crippen LogP contribution in [0.25, 0.3) is 0 Å². The number of hydrogen-bond acceptors (Lipinski definition) is 2. The number of benzene rings is 3. The van der Waals surface area contributed by atoms with Crippen LogP contribution >= 0.6 is 0 Å². The normalized spacial score (nSPS) is 10.2. The third-order valence-electron chi connectivity index (χ3n) is 3.64. The molecule has 110 valence electrons. The van der Waals surface area contributed by atoms with Gasteiger partial charge in [-0.2, -0.15) is 0 Å². The van der Waals surface area contributed by atoms with E-state index in [-0.39, 0.29) is 0 Å². The molecule has 0 saturated carbocycles. The third-order valence-corrected chi connectivity index (χ3v) is 3.64. The predicted octanol–water partition coefficient (Wildman–Crippen LogP) is 5.03. The van der Waals surface area contributed by atoms with Crippen LogP contribution in [0, 0.1) is 0 Å². The predicted molar refractivity (Wildman–Crippen MR) is 91.7 cm³/mol. The number of nitrogens with zero attached hydrogens (tertiary/aromatic N) is 1.